The fourth-order valence-corrected chi connectivity index (χ4v) is 1.14. The van der Waals surface area contributed by atoms with Gasteiger partial charge in [0, 0.05) is 24.7 Å². The van der Waals surface area contributed by atoms with Crippen LogP contribution in [-0.4, -0.2) is 23.5 Å². The van der Waals surface area contributed by atoms with Gasteiger partial charge < -0.3 is 10.2 Å². The lowest BCUT2D eigenvalue weighted by atomic mass is 10.2. The van der Waals surface area contributed by atoms with Gasteiger partial charge in [0.15, 0.2) is 0 Å². The normalized spacial score (nSPS) is 16.5. The number of nitrogens with one attached hydrogen (secondary N) is 1. The standard InChI is InChI=1S/C8H14N2O.C2H6/c1-6(2)10-5-4-7(3)9-8(10)11;1-2/h6H,3-5H2,1-2H3,(H,9,11);1-2H3. The average Bonchev–Trinajstić information content (AvgIpc) is 2.07. The Morgan fingerprint density at radius 2 is 2.00 bits per heavy atom. The maximum atomic E-state index is 11.2. The number of nitrogens with zero attached hydrogens (tertiary/aromatic N) is 1. The fraction of sp³-hybridized carbons (Fsp3) is 0.700. The molecule has 3 nitrogen and oxygen atoms in total. The van der Waals surface area contributed by atoms with E-state index in [2.05, 4.69) is 11.9 Å². The van der Waals surface area contributed by atoms with Crippen molar-refractivity contribution in [3.8, 4) is 0 Å². The van der Waals surface area contributed by atoms with E-state index in [1.807, 2.05) is 27.7 Å². The summed E-state index contributed by atoms with van der Waals surface area (Å²) < 4.78 is 0. The van der Waals surface area contributed by atoms with Crippen LogP contribution in [0.15, 0.2) is 12.3 Å². The molecule has 0 radical (unpaired) electrons. The van der Waals surface area contributed by atoms with E-state index < -0.39 is 0 Å². The molecule has 0 bridgehead atoms. The smallest absolute Gasteiger partial charge is 0.321 e. The summed E-state index contributed by atoms with van der Waals surface area (Å²) in [7, 11) is 0. The Hall–Kier alpha value is -0.990. The number of rotatable bonds is 1. The van der Waals surface area contributed by atoms with E-state index in [-0.39, 0.29) is 12.1 Å². The summed E-state index contributed by atoms with van der Waals surface area (Å²) in [5.41, 5.74) is 0.826. The zero-order chi connectivity index (χ0) is 10.4. The summed E-state index contributed by atoms with van der Waals surface area (Å²) in [6.07, 6.45) is 0.865. The maximum absolute atomic E-state index is 11.2. The molecule has 0 atom stereocenters. The highest BCUT2D eigenvalue weighted by Gasteiger charge is 2.21. The van der Waals surface area contributed by atoms with E-state index in [4.69, 9.17) is 0 Å². The van der Waals surface area contributed by atoms with Gasteiger partial charge in [-0.05, 0) is 13.8 Å². The Morgan fingerprint density at radius 3 is 2.38 bits per heavy atom. The van der Waals surface area contributed by atoms with Gasteiger partial charge in [-0.2, -0.15) is 0 Å². The Balaban J connectivity index is 0.000000671. The fourth-order valence-electron chi connectivity index (χ4n) is 1.14. The first-order valence-electron chi connectivity index (χ1n) is 4.86. The Labute approximate surface area is 80.8 Å². The van der Waals surface area contributed by atoms with Gasteiger partial charge in [0.05, 0.1) is 0 Å². The summed E-state index contributed by atoms with van der Waals surface area (Å²) in [5.74, 6) is 0. The lowest BCUT2D eigenvalue weighted by molar-refractivity contribution is 0.178. The molecule has 13 heavy (non-hydrogen) atoms. The lowest BCUT2D eigenvalue weighted by Gasteiger charge is -2.31. The third kappa shape index (κ3) is 3.49. The molecular formula is C10H20N2O. The van der Waals surface area contributed by atoms with Gasteiger partial charge in [0.1, 0.15) is 0 Å². The molecule has 1 saturated heterocycles. The lowest BCUT2D eigenvalue weighted by Crippen LogP contribution is -2.48. The van der Waals surface area contributed by atoms with Crippen LogP contribution in [-0.2, 0) is 0 Å². The maximum Gasteiger partial charge on any atom is 0.321 e. The number of carbonyl (C=O) groups is 1. The summed E-state index contributed by atoms with van der Waals surface area (Å²) >= 11 is 0. The van der Waals surface area contributed by atoms with E-state index in [1.54, 1.807) is 4.90 Å². The van der Waals surface area contributed by atoms with Gasteiger partial charge in [-0.25, -0.2) is 4.79 Å². The molecule has 1 heterocycles. The Bertz CT molecular complexity index is 187. The van der Waals surface area contributed by atoms with Gasteiger partial charge in [-0.3, -0.25) is 0 Å². The van der Waals surface area contributed by atoms with Crippen LogP contribution in [0.5, 0.6) is 0 Å². The first-order valence-corrected chi connectivity index (χ1v) is 4.86. The van der Waals surface area contributed by atoms with Crippen LogP contribution in [0.3, 0.4) is 0 Å². The molecule has 0 aromatic heterocycles. The van der Waals surface area contributed by atoms with Gasteiger partial charge in [0.25, 0.3) is 0 Å². The topological polar surface area (TPSA) is 32.3 Å². The number of amides is 2. The highest BCUT2D eigenvalue weighted by atomic mass is 16.2. The van der Waals surface area contributed by atoms with Gasteiger partial charge in [-0.1, -0.05) is 20.4 Å². The molecule has 1 aliphatic heterocycles. The van der Waals surface area contributed by atoms with E-state index in [0.717, 1.165) is 18.7 Å². The summed E-state index contributed by atoms with van der Waals surface area (Å²) in [5, 5.41) is 2.70. The molecule has 0 aromatic carbocycles. The number of carbonyl (C=O) groups excluding carboxylic acids is 1. The highest BCUT2D eigenvalue weighted by molar-refractivity contribution is 5.77. The van der Waals surface area contributed by atoms with Crippen LogP contribution in [0.4, 0.5) is 4.79 Å². The average molecular weight is 184 g/mol. The monoisotopic (exact) mass is 184 g/mol. The molecule has 76 valence electrons. The second-order valence-electron chi connectivity index (χ2n) is 3.07. The van der Waals surface area contributed by atoms with E-state index in [1.165, 1.54) is 0 Å². The van der Waals surface area contributed by atoms with Crippen molar-refractivity contribution in [2.75, 3.05) is 6.54 Å². The van der Waals surface area contributed by atoms with E-state index >= 15 is 0 Å². The number of urea groups is 1. The van der Waals surface area contributed by atoms with Crippen molar-refractivity contribution >= 4 is 6.03 Å². The quantitative estimate of drug-likeness (QED) is 0.666. The van der Waals surface area contributed by atoms with Crippen LogP contribution in [0.2, 0.25) is 0 Å². The zero-order valence-corrected chi connectivity index (χ0v) is 9.05. The van der Waals surface area contributed by atoms with Crippen LogP contribution in [0.1, 0.15) is 34.1 Å². The minimum Gasteiger partial charge on any atom is -0.322 e. The van der Waals surface area contributed by atoms with E-state index in [0.29, 0.717) is 0 Å². The molecule has 3 heteroatoms. The molecule has 2 amide bonds. The van der Waals surface area contributed by atoms with Crippen molar-refractivity contribution in [2.24, 2.45) is 0 Å². The van der Waals surface area contributed by atoms with Crippen molar-refractivity contribution in [2.45, 2.75) is 40.2 Å². The van der Waals surface area contributed by atoms with Gasteiger partial charge in [0.2, 0.25) is 0 Å². The van der Waals surface area contributed by atoms with Gasteiger partial charge >= 0.3 is 6.03 Å². The Morgan fingerprint density at radius 1 is 1.46 bits per heavy atom. The number of hydrogen-bond donors (Lipinski definition) is 1. The second kappa shape index (κ2) is 5.62. The van der Waals surface area contributed by atoms with Crippen LogP contribution >= 0.6 is 0 Å². The van der Waals surface area contributed by atoms with Gasteiger partial charge in [-0.15, -0.1) is 0 Å². The van der Waals surface area contributed by atoms with Crippen molar-refractivity contribution < 1.29 is 4.79 Å². The largest absolute Gasteiger partial charge is 0.322 e. The molecule has 0 unspecified atom stereocenters. The zero-order valence-electron chi connectivity index (χ0n) is 9.05. The predicted octanol–water partition coefficient (Wildman–Crippen LogP) is 2.35. The molecule has 0 aromatic rings. The molecule has 1 fully saturated rings. The molecule has 0 aliphatic carbocycles. The third-order valence-corrected chi connectivity index (χ3v) is 1.82. The first-order chi connectivity index (χ1) is 6.11. The minimum atomic E-state index is -0.0174. The molecule has 1 aliphatic rings. The molecular weight excluding hydrogens is 164 g/mol. The van der Waals surface area contributed by atoms with Crippen molar-refractivity contribution in [3.05, 3.63) is 12.3 Å². The Kier molecular flexibility index (Phi) is 5.19. The summed E-state index contributed by atoms with van der Waals surface area (Å²) in [6, 6.07) is 0.263. The van der Waals surface area contributed by atoms with Crippen molar-refractivity contribution in [1.82, 2.24) is 10.2 Å². The molecule has 0 spiro atoms. The van der Waals surface area contributed by atoms with Crippen LogP contribution < -0.4 is 5.32 Å². The van der Waals surface area contributed by atoms with Crippen LogP contribution in [0, 0.1) is 0 Å². The predicted molar refractivity (Wildman–Crippen MR) is 55.5 cm³/mol. The SMILES string of the molecule is C=C1CCN(C(C)C)C(=O)N1.CC. The molecule has 0 saturated carbocycles. The minimum absolute atomic E-state index is 0.0174. The highest BCUT2D eigenvalue weighted by Crippen LogP contribution is 2.09. The second-order valence-corrected chi connectivity index (χ2v) is 3.07. The first kappa shape index (κ1) is 12.0. The molecule has 1 rings (SSSR count). The molecule has 1 N–H and O–H groups in total. The summed E-state index contributed by atoms with van der Waals surface area (Å²) in [4.78, 5) is 13.0. The van der Waals surface area contributed by atoms with Crippen molar-refractivity contribution in [1.29, 1.82) is 0 Å². The third-order valence-electron chi connectivity index (χ3n) is 1.82. The van der Waals surface area contributed by atoms with Crippen molar-refractivity contribution in [3.63, 3.8) is 0 Å². The van der Waals surface area contributed by atoms with E-state index in [9.17, 15) is 4.79 Å². The summed E-state index contributed by atoms with van der Waals surface area (Å²) in [6.45, 7) is 12.5. The number of hydrogen-bond acceptors (Lipinski definition) is 1. The van der Waals surface area contributed by atoms with Crippen LogP contribution in [0.25, 0.3) is 0 Å².